The first-order chi connectivity index (χ1) is 9.00. The van der Waals surface area contributed by atoms with E-state index in [0.29, 0.717) is 0 Å². The van der Waals surface area contributed by atoms with Crippen molar-refractivity contribution in [2.75, 3.05) is 37.4 Å². The van der Waals surface area contributed by atoms with Gasteiger partial charge in [-0.25, -0.2) is 9.97 Å². The number of anilines is 2. The summed E-state index contributed by atoms with van der Waals surface area (Å²) in [5, 5.41) is 6.56. The summed E-state index contributed by atoms with van der Waals surface area (Å²) in [5.74, 6) is 1.63. The Labute approximate surface area is 123 Å². The highest BCUT2D eigenvalue weighted by atomic mass is 79.9. The van der Waals surface area contributed by atoms with Crippen molar-refractivity contribution in [3.63, 3.8) is 0 Å². The molecule has 0 radical (unpaired) electrons. The van der Waals surface area contributed by atoms with Crippen LogP contribution < -0.4 is 10.6 Å². The van der Waals surface area contributed by atoms with E-state index in [4.69, 9.17) is 4.74 Å². The van der Waals surface area contributed by atoms with E-state index in [-0.39, 0.29) is 5.41 Å². The molecule has 6 heteroatoms. The first kappa shape index (κ1) is 16.2. The first-order valence-electron chi connectivity index (χ1n) is 6.47. The van der Waals surface area contributed by atoms with E-state index >= 15 is 0 Å². The lowest BCUT2D eigenvalue weighted by Gasteiger charge is -2.25. The lowest BCUT2D eigenvalue weighted by molar-refractivity contribution is 0.157. The van der Waals surface area contributed by atoms with Gasteiger partial charge >= 0.3 is 0 Å². The molecular weight excluding hydrogens is 308 g/mol. The Hall–Kier alpha value is -0.880. The van der Waals surface area contributed by atoms with Crippen LogP contribution >= 0.6 is 15.9 Å². The molecule has 0 spiro atoms. The third-order valence-electron chi connectivity index (χ3n) is 2.85. The summed E-state index contributed by atoms with van der Waals surface area (Å²) in [6, 6.07) is 0. The van der Waals surface area contributed by atoms with Crippen LogP contribution in [0.5, 0.6) is 0 Å². The van der Waals surface area contributed by atoms with Gasteiger partial charge in [-0.15, -0.1) is 0 Å². The molecule has 0 atom stereocenters. The minimum Gasteiger partial charge on any atom is -0.385 e. The van der Waals surface area contributed by atoms with Crippen LogP contribution in [0.1, 0.15) is 27.2 Å². The van der Waals surface area contributed by atoms with Gasteiger partial charge in [0.15, 0.2) is 0 Å². The summed E-state index contributed by atoms with van der Waals surface area (Å²) >= 11 is 3.53. The number of methoxy groups -OCH3 is 1. The number of hydrogen-bond acceptors (Lipinski definition) is 5. The minimum absolute atomic E-state index is 0.152. The molecule has 108 valence electrons. The normalized spacial score (nSPS) is 11.4. The Morgan fingerprint density at radius 3 is 2.47 bits per heavy atom. The number of hydrogen-bond donors (Lipinski definition) is 2. The SMILES string of the molecule is CCNc1ncnc(NCC(C)(C)CCOC)c1Br. The molecule has 0 fully saturated rings. The maximum absolute atomic E-state index is 5.13. The highest BCUT2D eigenvalue weighted by Crippen LogP contribution is 2.28. The molecule has 2 N–H and O–H groups in total. The molecule has 1 aromatic heterocycles. The van der Waals surface area contributed by atoms with Crippen molar-refractivity contribution in [2.45, 2.75) is 27.2 Å². The molecule has 0 aliphatic carbocycles. The Balaban J connectivity index is 2.64. The molecule has 0 saturated heterocycles. The number of nitrogens with one attached hydrogen (secondary N) is 2. The van der Waals surface area contributed by atoms with Gasteiger partial charge in [0.1, 0.15) is 22.4 Å². The standard InChI is InChI=1S/C13H23BrN4O/c1-5-15-11-10(14)12(18-9-17-11)16-8-13(2,3)6-7-19-4/h9H,5-8H2,1-4H3,(H2,15,16,17,18). The molecule has 0 aliphatic rings. The van der Waals surface area contributed by atoms with E-state index in [9.17, 15) is 0 Å². The van der Waals surface area contributed by atoms with Crippen molar-refractivity contribution in [3.8, 4) is 0 Å². The smallest absolute Gasteiger partial charge is 0.145 e. The van der Waals surface area contributed by atoms with Crippen molar-refractivity contribution >= 4 is 27.6 Å². The zero-order chi connectivity index (χ0) is 14.3. The van der Waals surface area contributed by atoms with E-state index in [1.807, 2.05) is 6.92 Å². The molecule has 1 rings (SSSR count). The van der Waals surface area contributed by atoms with Crippen molar-refractivity contribution in [1.29, 1.82) is 0 Å². The number of nitrogens with zero attached hydrogens (tertiary/aromatic N) is 2. The molecule has 0 bridgehead atoms. The predicted octanol–water partition coefficient (Wildman–Crippen LogP) is 3.15. The van der Waals surface area contributed by atoms with E-state index in [0.717, 1.165) is 42.2 Å². The van der Waals surface area contributed by atoms with Crippen molar-refractivity contribution in [2.24, 2.45) is 5.41 Å². The van der Waals surface area contributed by atoms with Crippen LogP contribution in [0.25, 0.3) is 0 Å². The molecule has 19 heavy (non-hydrogen) atoms. The molecule has 5 nitrogen and oxygen atoms in total. The van der Waals surface area contributed by atoms with Gasteiger partial charge in [-0.1, -0.05) is 13.8 Å². The Bertz CT molecular complexity index is 398. The fourth-order valence-electron chi connectivity index (χ4n) is 1.57. The zero-order valence-electron chi connectivity index (χ0n) is 12.1. The van der Waals surface area contributed by atoms with E-state index in [1.54, 1.807) is 13.4 Å². The molecule has 0 aromatic carbocycles. The summed E-state index contributed by atoms with van der Waals surface area (Å²) in [5.41, 5.74) is 0.152. The van der Waals surface area contributed by atoms with Crippen LogP contribution in [0.3, 0.4) is 0 Å². The van der Waals surface area contributed by atoms with Crippen molar-refractivity contribution in [1.82, 2.24) is 9.97 Å². The largest absolute Gasteiger partial charge is 0.385 e. The Morgan fingerprint density at radius 2 is 1.89 bits per heavy atom. The molecular formula is C13H23BrN4O. The Kier molecular flexibility index (Phi) is 6.51. The average Bonchev–Trinajstić information content (AvgIpc) is 2.38. The summed E-state index contributed by atoms with van der Waals surface area (Å²) < 4.78 is 6.01. The maximum atomic E-state index is 5.13. The summed E-state index contributed by atoms with van der Waals surface area (Å²) in [6.07, 6.45) is 2.56. The number of rotatable bonds is 8. The van der Waals surface area contributed by atoms with E-state index in [1.165, 1.54) is 0 Å². The zero-order valence-corrected chi connectivity index (χ0v) is 13.7. The lowest BCUT2D eigenvalue weighted by Crippen LogP contribution is -2.25. The molecule has 0 amide bonds. The van der Waals surface area contributed by atoms with Gasteiger partial charge in [-0.2, -0.15) is 0 Å². The first-order valence-corrected chi connectivity index (χ1v) is 7.26. The second-order valence-electron chi connectivity index (χ2n) is 5.18. The van der Waals surface area contributed by atoms with Crippen LogP contribution in [-0.2, 0) is 4.74 Å². The minimum atomic E-state index is 0.152. The summed E-state index contributed by atoms with van der Waals surface area (Å²) in [4.78, 5) is 8.46. The van der Waals surface area contributed by atoms with Gasteiger partial charge < -0.3 is 15.4 Å². The van der Waals surface area contributed by atoms with Crippen LogP contribution in [0.15, 0.2) is 10.8 Å². The highest BCUT2D eigenvalue weighted by Gasteiger charge is 2.18. The monoisotopic (exact) mass is 330 g/mol. The second kappa shape index (κ2) is 7.65. The fourth-order valence-corrected chi connectivity index (χ4v) is 2.06. The molecule has 0 aliphatic heterocycles. The highest BCUT2D eigenvalue weighted by molar-refractivity contribution is 9.10. The molecule has 0 saturated carbocycles. The quantitative estimate of drug-likeness (QED) is 0.766. The van der Waals surface area contributed by atoms with Crippen LogP contribution in [0, 0.1) is 5.41 Å². The third-order valence-corrected chi connectivity index (χ3v) is 3.60. The second-order valence-corrected chi connectivity index (χ2v) is 5.97. The third kappa shape index (κ3) is 5.32. The van der Waals surface area contributed by atoms with Crippen LogP contribution in [0.2, 0.25) is 0 Å². The number of halogens is 1. The van der Waals surface area contributed by atoms with Gasteiger partial charge in [0.05, 0.1) is 0 Å². The van der Waals surface area contributed by atoms with Gasteiger partial charge in [-0.05, 0) is 34.7 Å². The maximum Gasteiger partial charge on any atom is 0.145 e. The van der Waals surface area contributed by atoms with E-state index < -0.39 is 0 Å². The number of aromatic nitrogens is 2. The molecule has 0 unspecified atom stereocenters. The summed E-state index contributed by atoms with van der Waals surface area (Å²) in [7, 11) is 1.73. The topological polar surface area (TPSA) is 59.1 Å². The van der Waals surface area contributed by atoms with Crippen molar-refractivity contribution in [3.05, 3.63) is 10.8 Å². The molecule has 1 heterocycles. The Morgan fingerprint density at radius 1 is 1.26 bits per heavy atom. The summed E-state index contributed by atoms with van der Waals surface area (Å²) in [6.45, 7) is 8.88. The lowest BCUT2D eigenvalue weighted by atomic mass is 9.90. The molecule has 1 aromatic rings. The van der Waals surface area contributed by atoms with E-state index in [2.05, 4.69) is 50.4 Å². The van der Waals surface area contributed by atoms with Gasteiger partial charge in [0, 0.05) is 26.8 Å². The van der Waals surface area contributed by atoms with Crippen molar-refractivity contribution < 1.29 is 4.74 Å². The van der Waals surface area contributed by atoms with Gasteiger partial charge in [-0.3, -0.25) is 0 Å². The van der Waals surface area contributed by atoms with Gasteiger partial charge in [0.25, 0.3) is 0 Å². The fraction of sp³-hybridized carbons (Fsp3) is 0.692. The van der Waals surface area contributed by atoms with Gasteiger partial charge in [0.2, 0.25) is 0 Å². The average molecular weight is 331 g/mol. The van der Waals surface area contributed by atoms with Crippen LogP contribution in [-0.4, -0.2) is 36.8 Å². The number of ether oxygens (including phenoxy) is 1. The van der Waals surface area contributed by atoms with Crippen LogP contribution in [0.4, 0.5) is 11.6 Å². The predicted molar refractivity (Wildman–Crippen MR) is 82.7 cm³/mol.